The summed E-state index contributed by atoms with van der Waals surface area (Å²) in [5.41, 5.74) is 5.87. The van der Waals surface area contributed by atoms with Gasteiger partial charge in [0.15, 0.2) is 0 Å². The van der Waals surface area contributed by atoms with Crippen LogP contribution in [0.3, 0.4) is 0 Å². The SMILES string of the molecule is CC(C)C1(C)CC(=O)N(c2ccc(N)cc2Cl)C1=O. The molecule has 0 saturated carbocycles. The molecule has 2 rings (SSSR count). The number of benzene rings is 1. The maximum absolute atomic E-state index is 12.5. The summed E-state index contributed by atoms with van der Waals surface area (Å²) >= 11 is 6.09. The van der Waals surface area contributed by atoms with Crippen LogP contribution in [-0.4, -0.2) is 11.8 Å². The molecule has 2 N–H and O–H groups in total. The minimum atomic E-state index is -0.665. The highest BCUT2D eigenvalue weighted by Gasteiger charge is 2.50. The summed E-state index contributed by atoms with van der Waals surface area (Å²) in [6.07, 6.45) is 0.213. The summed E-state index contributed by atoms with van der Waals surface area (Å²) in [6, 6.07) is 4.79. The normalized spacial score (nSPS) is 23.5. The summed E-state index contributed by atoms with van der Waals surface area (Å²) in [4.78, 5) is 25.9. The summed E-state index contributed by atoms with van der Waals surface area (Å²) in [7, 11) is 0. The molecule has 0 aromatic heterocycles. The van der Waals surface area contributed by atoms with E-state index in [1.54, 1.807) is 18.2 Å². The Balaban J connectivity index is 2.46. The van der Waals surface area contributed by atoms with E-state index >= 15 is 0 Å². The molecule has 1 saturated heterocycles. The van der Waals surface area contributed by atoms with E-state index in [0.29, 0.717) is 16.4 Å². The predicted molar refractivity (Wildman–Crippen MR) is 75.9 cm³/mol. The van der Waals surface area contributed by atoms with Crippen LogP contribution in [0.5, 0.6) is 0 Å². The molecule has 1 aromatic rings. The van der Waals surface area contributed by atoms with E-state index in [9.17, 15) is 9.59 Å². The topological polar surface area (TPSA) is 63.4 Å². The van der Waals surface area contributed by atoms with Crippen LogP contribution in [0.15, 0.2) is 18.2 Å². The van der Waals surface area contributed by atoms with Crippen LogP contribution < -0.4 is 10.6 Å². The average Bonchev–Trinajstić information content (AvgIpc) is 2.53. The Bertz CT molecular complexity index is 556. The van der Waals surface area contributed by atoms with Gasteiger partial charge in [-0.05, 0) is 31.0 Å². The number of amides is 2. The van der Waals surface area contributed by atoms with Crippen LogP contribution in [-0.2, 0) is 9.59 Å². The molecule has 1 heterocycles. The Labute approximate surface area is 117 Å². The second kappa shape index (κ2) is 4.53. The van der Waals surface area contributed by atoms with Crippen molar-refractivity contribution in [3.63, 3.8) is 0 Å². The standard InChI is InChI=1S/C14H17ClN2O2/c1-8(2)14(3)7-12(18)17(13(14)19)11-5-4-9(16)6-10(11)15/h4-6,8H,7,16H2,1-3H3. The lowest BCUT2D eigenvalue weighted by molar-refractivity contribution is -0.126. The second-order valence-corrected chi connectivity index (χ2v) is 5.90. The number of carbonyl (C=O) groups excluding carboxylic acids is 2. The third kappa shape index (κ3) is 2.10. The lowest BCUT2D eigenvalue weighted by atomic mass is 9.78. The number of carbonyl (C=O) groups is 2. The van der Waals surface area contributed by atoms with Gasteiger partial charge in [-0.15, -0.1) is 0 Å². The number of nitrogen functional groups attached to an aromatic ring is 1. The zero-order valence-corrected chi connectivity index (χ0v) is 12.0. The maximum atomic E-state index is 12.5. The van der Waals surface area contributed by atoms with Crippen molar-refractivity contribution in [2.45, 2.75) is 27.2 Å². The van der Waals surface area contributed by atoms with Crippen molar-refractivity contribution < 1.29 is 9.59 Å². The molecular weight excluding hydrogens is 264 g/mol. The zero-order valence-electron chi connectivity index (χ0n) is 11.2. The zero-order chi connectivity index (χ0) is 14.4. The Morgan fingerprint density at radius 2 is 2.00 bits per heavy atom. The highest BCUT2D eigenvalue weighted by atomic mass is 35.5. The fraction of sp³-hybridized carbons (Fsp3) is 0.429. The molecule has 19 heavy (non-hydrogen) atoms. The van der Waals surface area contributed by atoms with Crippen LogP contribution in [0.1, 0.15) is 27.2 Å². The number of halogens is 1. The molecule has 102 valence electrons. The van der Waals surface area contributed by atoms with Crippen molar-refractivity contribution in [2.75, 3.05) is 10.6 Å². The smallest absolute Gasteiger partial charge is 0.240 e. The predicted octanol–water partition coefficient (Wildman–Crippen LogP) is 2.85. The first kappa shape index (κ1) is 13.9. The van der Waals surface area contributed by atoms with E-state index in [-0.39, 0.29) is 24.2 Å². The third-order valence-corrected chi connectivity index (χ3v) is 4.25. The van der Waals surface area contributed by atoms with Crippen LogP contribution in [0.25, 0.3) is 0 Å². The van der Waals surface area contributed by atoms with Gasteiger partial charge in [-0.25, -0.2) is 4.90 Å². The van der Waals surface area contributed by atoms with E-state index in [0.717, 1.165) is 0 Å². The van der Waals surface area contributed by atoms with Gasteiger partial charge in [0.05, 0.1) is 16.1 Å². The molecule has 1 unspecified atom stereocenters. The maximum Gasteiger partial charge on any atom is 0.240 e. The fourth-order valence-electron chi connectivity index (χ4n) is 2.24. The average molecular weight is 281 g/mol. The summed E-state index contributed by atoms with van der Waals surface area (Å²) in [6.45, 7) is 5.71. The van der Waals surface area contributed by atoms with E-state index in [1.807, 2.05) is 20.8 Å². The number of nitrogens with zero attached hydrogens (tertiary/aromatic N) is 1. The molecule has 1 fully saturated rings. The van der Waals surface area contributed by atoms with Crippen molar-refractivity contribution in [1.29, 1.82) is 0 Å². The Morgan fingerprint density at radius 1 is 1.37 bits per heavy atom. The summed E-state index contributed by atoms with van der Waals surface area (Å²) < 4.78 is 0. The minimum Gasteiger partial charge on any atom is -0.399 e. The first-order valence-corrected chi connectivity index (χ1v) is 6.57. The molecular formula is C14H17ClN2O2. The molecule has 2 amide bonds. The monoisotopic (exact) mass is 280 g/mol. The first-order valence-electron chi connectivity index (χ1n) is 6.20. The van der Waals surface area contributed by atoms with Gasteiger partial charge in [0.1, 0.15) is 0 Å². The number of rotatable bonds is 2. The van der Waals surface area contributed by atoms with Crippen molar-refractivity contribution in [1.82, 2.24) is 0 Å². The van der Waals surface area contributed by atoms with Gasteiger partial charge < -0.3 is 5.73 Å². The third-order valence-electron chi connectivity index (χ3n) is 3.95. The van der Waals surface area contributed by atoms with Crippen LogP contribution in [0.2, 0.25) is 5.02 Å². The lowest BCUT2D eigenvalue weighted by Gasteiger charge is -2.26. The highest BCUT2D eigenvalue weighted by molar-refractivity contribution is 6.36. The number of anilines is 2. The van der Waals surface area contributed by atoms with Gasteiger partial charge in [0.2, 0.25) is 11.8 Å². The van der Waals surface area contributed by atoms with Crippen molar-refractivity contribution in [2.24, 2.45) is 11.3 Å². The number of hydrogen-bond acceptors (Lipinski definition) is 3. The molecule has 1 aliphatic heterocycles. The quantitative estimate of drug-likeness (QED) is 0.669. The largest absolute Gasteiger partial charge is 0.399 e. The molecule has 1 atom stereocenters. The van der Waals surface area contributed by atoms with Crippen LogP contribution in [0, 0.1) is 11.3 Å². The molecule has 0 spiro atoms. The molecule has 5 heteroatoms. The van der Waals surface area contributed by atoms with Crippen LogP contribution in [0.4, 0.5) is 11.4 Å². The molecule has 0 aliphatic carbocycles. The number of imide groups is 1. The van der Waals surface area contributed by atoms with E-state index in [2.05, 4.69) is 0 Å². The fourth-order valence-corrected chi connectivity index (χ4v) is 2.51. The molecule has 0 bridgehead atoms. The van der Waals surface area contributed by atoms with Gasteiger partial charge >= 0.3 is 0 Å². The number of hydrogen-bond donors (Lipinski definition) is 1. The van der Waals surface area contributed by atoms with Gasteiger partial charge in [-0.3, -0.25) is 9.59 Å². The Hall–Kier alpha value is -1.55. The minimum absolute atomic E-state index is 0.0847. The van der Waals surface area contributed by atoms with Crippen LogP contribution >= 0.6 is 11.6 Å². The van der Waals surface area contributed by atoms with E-state index < -0.39 is 5.41 Å². The summed E-state index contributed by atoms with van der Waals surface area (Å²) in [5, 5.41) is 0.315. The van der Waals surface area contributed by atoms with Crippen molar-refractivity contribution in [3.05, 3.63) is 23.2 Å². The van der Waals surface area contributed by atoms with E-state index in [4.69, 9.17) is 17.3 Å². The molecule has 1 aromatic carbocycles. The molecule has 4 nitrogen and oxygen atoms in total. The lowest BCUT2D eigenvalue weighted by Crippen LogP contribution is -2.37. The Morgan fingerprint density at radius 3 is 2.47 bits per heavy atom. The molecule has 0 radical (unpaired) electrons. The van der Waals surface area contributed by atoms with Gasteiger partial charge in [0, 0.05) is 12.1 Å². The van der Waals surface area contributed by atoms with Crippen molar-refractivity contribution in [3.8, 4) is 0 Å². The van der Waals surface area contributed by atoms with Gasteiger partial charge in [-0.2, -0.15) is 0 Å². The highest BCUT2D eigenvalue weighted by Crippen LogP contribution is 2.43. The summed E-state index contributed by atoms with van der Waals surface area (Å²) in [5.74, 6) is -0.325. The van der Waals surface area contributed by atoms with Crippen molar-refractivity contribution >= 4 is 34.8 Å². The molecule has 1 aliphatic rings. The van der Waals surface area contributed by atoms with Gasteiger partial charge in [-0.1, -0.05) is 25.4 Å². The second-order valence-electron chi connectivity index (χ2n) is 5.49. The first-order chi connectivity index (χ1) is 8.77. The Kier molecular flexibility index (Phi) is 3.31. The van der Waals surface area contributed by atoms with Gasteiger partial charge in [0.25, 0.3) is 0 Å². The van der Waals surface area contributed by atoms with E-state index in [1.165, 1.54) is 4.90 Å². The number of nitrogens with two attached hydrogens (primary N) is 1.